The Morgan fingerprint density at radius 3 is 2.75 bits per heavy atom. The lowest BCUT2D eigenvalue weighted by Gasteiger charge is -2.19. The van der Waals surface area contributed by atoms with Crippen molar-refractivity contribution < 1.29 is 14.0 Å². The van der Waals surface area contributed by atoms with E-state index in [1.54, 1.807) is 11.0 Å². The number of carbonyl (C=O) groups is 2. The van der Waals surface area contributed by atoms with Crippen molar-refractivity contribution in [2.75, 3.05) is 16.8 Å². The lowest BCUT2D eigenvalue weighted by Crippen LogP contribution is -2.27. The van der Waals surface area contributed by atoms with Crippen LogP contribution >= 0.6 is 27.5 Å². The minimum absolute atomic E-state index is 0.0302. The normalized spacial score (nSPS) is 12.9. The molecule has 1 N–H and O–H groups in total. The van der Waals surface area contributed by atoms with Gasteiger partial charge in [-0.05, 0) is 36.2 Å². The number of nitrogens with one attached hydrogen (secondary N) is 1. The van der Waals surface area contributed by atoms with Crippen molar-refractivity contribution in [3.63, 3.8) is 0 Å². The predicted molar refractivity (Wildman–Crippen MR) is 95.2 cm³/mol. The van der Waals surface area contributed by atoms with Crippen LogP contribution < -0.4 is 10.2 Å². The third-order valence-electron chi connectivity index (χ3n) is 3.85. The summed E-state index contributed by atoms with van der Waals surface area (Å²) >= 11 is 9.34. The van der Waals surface area contributed by atoms with Crippen LogP contribution in [0.2, 0.25) is 5.02 Å². The summed E-state index contributed by atoms with van der Waals surface area (Å²) in [5.41, 5.74) is 1.80. The van der Waals surface area contributed by atoms with Crippen LogP contribution in [0, 0.1) is 5.82 Å². The van der Waals surface area contributed by atoms with Crippen LogP contribution in [-0.2, 0) is 11.2 Å². The zero-order valence-electron chi connectivity index (χ0n) is 12.7. The van der Waals surface area contributed by atoms with Gasteiger partial charge in [0, 0.05) is 17.9 Å². The van der Waals surface area contributed by atoms with E-state index in [1.165, 1.54) is 25.1 Å². The first-order valence-electron chi connectivity index (χ1n) is 7.24. The van der Waals surface area contributed by atoms with Crippen molar-refractivity contribution in [2.24, 2.45) is 0 Å². The molecule has 1 aliphatic heterocycles. The number of benzene rings is 2. The van der Waals surface area contributed by atoms with Crippen molar-refractivity contribution in [3.8, 4) is 0 Å². The molecule has 2 amide bonds. The molecule has 1 aliphatic rings. The summed E-state index contributed by atoms with van der Waals surface area (Å²) in [5, 5.41) is 2.71. The number of nitrogens with zero attached hydrogens (tertiary/aromatic N) is 1. The van der Waals surface area contributed by atoms with Crippen LogP contribution in [0.3, 0.4) is 0 Å². The van der Waals surface area contributed by atoms with E-state index in [4.69, 9.17) is 11.6 Å². The predicted octanol–water partition coefficient (Wildman–Crippen LogP) is 4.40. The Morgan fingerprint density at radius 1 is 1.33 bits per heavy atom. The molecule has 4 nitrogen and oxygen atoms in total. The maximum absolute atomic E-state index is 13.9. The minimum atomic E-state index is -0.699. The summed E-state index contributed by atoms with van der Waals surface area (Å²) in [6.07, 6.45) is 0.692. The first-order valence-corrected chi connectivity index (χ1v) is 8.41. The molecule has 3 rings (SSSR count). The van der Waals surface area contributed by atoms with Gasteiger partial charge in [-0.3, -0.25) is 9.59 Å². The van der Waals surface area contributed by atoms with Gasteiger partial charge in [0.2, 0.25) is 5.91 Å². The van der Waals surface area contributed by atoms with E-state index >= 15 is 0 Å². The molecule has 24 heavy (non-hydrogen) atoms. The van der Waals surface area contributed by atoms with Crippen molar-refractivity contribution in [1.29, 1.82) is 0 Å². The standard InChI is InChI=1S/C17H13BrClFN2O2/c1-9(23)22-6-5-10-7-11(18)8-14(16(10)22)21-17(24)15-12(19)3-2-4-13(15)20/h2-4,7-8H,5-6H2,1H3,(H,21,24). The molecule has 1 heterocycles. The van der Waals surface area contributed by atoms with Crippen LogP contribution in [0.5, 0.6) is 0 Å². The van der Waals surface area contributed by atoms with Gasteiger partial charge in [-0.1, -0.05) is 33.6 Å². The van der Waals surface area contributed by atoms with Crippen molar-refractivity contribution in [3.05, 3.63) is 56.8 Å². The minimum Gasteiger partial charge on any atom is -0.320 e. The lowest BCUT2D eigenvalue weighted by molar-refractivity contribution is -0.116. The van der Waals surface area contributed by atoms with Crippen LogP contribution in [0.25, 0.3) is 0 Å². The maximum Gasteiger partial charge on any atom is 0.260 e. The monoisotopic (exact) mass is 410 g/mol. The molecule has 0 spiro atoms. The zero-order chi connectivity index (χ0) is 17.4. The fourth-order valence-electron chi connectivity index (χ4n) is 2.82. The molecule has 0 aromatic heterocycles. The van der Waals surface area contributed by atoms with E-state index in [0.29, 0.717) is 24.3 Å². The van der Waals surface area contributed by atoms with Gasteiger partial charge in [0.1, 0.15) is 5.82 Å². The van der Waals surface area contributed by atoms with Gasteiger partial charge in [-0.15, -0.1) is 0 Å². The Hall–Kier alpha value is -1.92. The second-order valence-corrected chi connectivity index (χ2v) is 6.76. The number of halogens is 3. The van der Waals surface area contributed by atoms with E-state index in [2.05, 4.69) is 21.2 Å². The molecule has 0 unspecified atom stereocenters. The Bertz CT molecular complexity index is 836. The second-order valence-electron chi connectivity index (χ2n) is 5.43. The average molecular weight is 412 g/mol. The number of rotatable bonds is 2. The molecule has 2 aromatic carbocycles. The highest BCUT2D eigenvalue weighted by Gasteiger charge is 2.27. The summed E-state index contributed by atoms with van der Waals surface area (Å²) in [5.74, 6) is -1.47. The average Bonchev–Trinajstić information content (AvgIpc) is 2.91. The highest BCUT2D eigenvalue weighted by Crippen LogP contribution is 2.38. The number of carbonyl (C=O) groups excluding carboxylic acids is 2. The van der Waals surface area contributed by atoms with E-state index < -0.39 is 11.7 Å². The highest BCUT2D eigenvalue weighted by molar-refractivity contribution is 9.10. The molecule has 7 heteroatoms. The number of hydrogen-bond acceptors (Lipinski definition) is 2. The Kier molecular flexibility index (Phi) is 4.60. The van der Waals surface area contributed by atoms with Crippen LogP contribution in [0.15, 0.2) is 34.8 Å². The first kappa shape index (κ1) is 16.9. The molecule has 0 radical (unpaired) electrons. The topological polar surface area (TPSA) is 49.4 Å². The van der Waals surface area contributed by atoms with E-state index in [-0.39, 0.29) is 16.5 Å². The summed E-state index contributed by atoms with van der Waals surface area (Å²) < 4.78 is 14.7. The van der Waals surface area contributed by atoms with Crippen molar-refractivity contribution >= 4 is 50.7 Å². The highest BCUT2D eigenvalue weighted by atomic mass is 79.9. The molecule has 0 bridgehead atoms. The summed E-state index contributed by atoms with van der Waals surface area (Å²) in [7, 11) is 0. The van der Waals surface area contributed by atoms with E-state index in [1.807, 2.05) is 6.07 Å². The summed E-state index contributed by atoms with van der Waals surface area (Å²) in [4.78, 5) is 25.9. The van der Waals surface area contributed by atoms with Gasteiger partial charge in [0.05, 0.1) is 22.0 Å². The number of hydrogen-bond donors (Lipinski definition) is 1. The summed E-state index contributed by atoms with van der Waals surface area (Å²) in [6, 6.07) is 7.65. The summed E-state index contributed by atoms with van der Waals surface area (Å²) in [6.45, 7) is 2.01. The van der Waals surface area contributed by atoms with Gasteiger partial charge in [-0.25, -0.2) is 4.39 Å². The molecular formula is C17H13BrClFN2O2. The quantitative estimate of drug-likeness (QED) is 0.796. The van der Waals surface area contributed by atoms with Gasteiger partial charge >= 0.3 is 0 Å². The lowest BCUT2D eigenvalue weighted by atomic mass is 10.1. The first-order chi connectivity index (χ1) is 11.4. The molecule has 0 saturated carbocycles. The number of amides is 2. The fraction of sp³-hybridized carbons (Fsp3) is 0.176. The SMILES string of the molecule is CC(=O)N1CCc2cc(Br)cc(NC(=O)c3c(F)cccc3Cl)c21. The van der Waals surface area contributed by atoms with E-state index in [0.717, 1.165) is 10.0 Å². The molecule has 0 atom stereocenters. The molecule has 2 aromatic rings. The smallest absolute Gasteiger partial charge is 0.260 e. The molecule has 124 valence electrons. The maximum atomic E-state index is 13.9. The van der Waals surface area contributed by atoms with Crippen LogP contribution in [-0.4, -0.2) is 18.4 Å². The zero-order valence-corrected chi connectivity index (χ0v) is 15.0. The molecule has 0 saturated heterocycles. The van der Waals surface area contributed by atoms with E-state index in [9.17, 15) is 14.0 Å². The van der Waals surface area contributed by atoms with Crippen molar-refractivity contribution in [1.82, 2.24) is 0 Å². The van der Waals surface area contributed by atoms with Gasteiger partial charge in [0.15, 0.2) is 0 Å². The van der Waals surface area contributed by atoms with Crippen LogP contribution in [0.1, 0.15) is 22.8 Å². The molecule has 0 fully saturated rings. The largest absolute Gasteiger partial charge is 0.320 e. The van der Waals surface area contributed by atoms with Gasteiger partial charge < -0.3 is 10.2 Å². The van der Waals surface area contributed by atoms with Crippen LogP contribution in [0.4, 0.5) is 15.8 Å². The molecule has 0 aliphatic carbocycles. The third kappa shape index (κ3) is 3.03. The molecular weight excluding hydrogens is 399 g/mol. The van der Waals surface area contributed by atoms with Gasteiger partial charge in [0.25, 0.3) is 5.91 Å². The Morgan fingerprint density at radius 2 is 2.08 bits per heavy atom. The fourth-order valence-corrected chi connectivity index (χ4v) is 3.57. The Labute approximate surface area is 151 Å². The number of anilines is 2. The third-order valence-corrected chi connectivity index (χ3v) is 4.62. The number of fused-ring (bicyclic) bond motifs is 1. The second kappa shape index (κ2) is 6.53. The Balaban J connectivity index is 2.02. The van der Waals surface area contributed by atoms with Gasteiger partial charge in [-0.2, -0.15) is 0 Å². The van der Waals surface area contributed by atoms with Crippen molar-refractivity contribution in [2.45, 2.75) is 13.3 Å².